The lowest BCUT2D eigenvalue weighted by atomic mass is 10.1. The van der Waals surface area contributed by atoms with Gasteiger partial charge in [-0.1, -0.05) is 12.1 Å². The molecule has 7 heteroatoms. The molecule has 1 N–H and O–H groups in total. The summed E-state index contributed by atoms with van der Waals surface area (Å²) in [7, 11) is 0. The minimum atomic E-state index is -1.05. The number of nitrogens with zero attached hydrogens (tertiary/aromatic N) is 3. The van der Waals surface area contributed by atoms with Crippen LogP contribution in [0.25, 0.3) is 11.3 Å². The number of hydrogen-bond acceptors (Lipinski definition) is 5. The van der Waals surface area contributed by atoms with E-state index >= 15 is 0 Å². The summed E-state index contributed by atoms with van der Waals surface area (Å²) in [6.07, 6.45) is 1.76. The number of carboxylic acids is 1. The normalized spacial score (nSPS) is 10.7. The molecule has 2 heterocycles. The van der Waals surface area contributed by atoms with Crippen molar-refractivity contribution in [3.63, 3.8) is 0 Å². The van der Waals surface area contributed by atoms with Crippen molar-refractivity contribution in [1.29, 1.82) is 0 Å². The highest BCUT2D eigenvalue weighted by Gasteiger charge is 2.12. The van der Waals surface area contributed by atoms with Gasteiger partial charge in [-0.15, -0.1) is 0 Å². The van der Waals surface area contributed by atoms with Crippen molar-refractivity contribution < 1.29 is 14.6 Å². The van der Waals surface area contributed by atoms with Crippen LogP contribution in [0.5, 0.6) is 11.5 Å². The lowest BCUT2D eigenvalue weighted by molar-refractivity contribution is 0.0696. The zero-order valence-corrected chi connectivity index (χ0v) is 17.6. The molecule has 32 heavy (non-hydrogen) atoms. The van der Waals surface area contributed by atoms with Gasteiger partial charge in [0.05, 0.1) is 23.5 Å². The molecule has 0 atom stereocenters. The molecule has 0 spiro atoms. The first-order chi connectivity index (χ1) is 15.4. The van der Waals surface area contributed by atoms with Crippen molar-refractivity contribution in [3.8, 4) is 22.8 Å². The smallest absolute Gasteiger partial charge is 0.335 e. The molecule has 0 radical (unpaired) electrons. The van der Waals surface area contributed by atoms with Gasteiger partial charge in [-0.25, -0.2) is 4.79 Å². The predicted molar refractivity (Wildman–Crippen MR) is 120 cm³/mol. The number of ether oxygens (including phenoxy) is 1. The number of aryl methyl sites for hydroxylation is 2. The van der Waals surface area contributed by atoms with E-state index in [9.17, 15) is 14.7 Å². The summed E-state index contributed by atoms with van der Waals surface area (Å²) in [5, 5.41) is 17.6. The molecule has 0 aliphatic heterocycles. The molecule has 0 amide bonds. The Morgan fingerprint density at radius 2 is 1.75 bits per heavy atom. The third kappa shape index (κ3) is 4.73. The molecule has 2 aromatic heterocycles. The third-order valence-corrected chi connectivity index (χ3v) is 4.96. The molecular formula is C25H21N3O4. The van der Waals surface area contributed by atoms with Crippen LogP contribution in [0.2, 0.25) is 0 Å². The molecule has 0 saturated carbocycles. The first kappa shape index (κ1) is 21.0. The molecular weight excluding hydrogens is 406 g/mol. The SMILES string of the molecule is Cc1ccc(=O)n(Cc2ccc(C(=O)O)cc2Oc2ccc(-c3ccc(C)nn3)cc2)c1. The second-order valence-electron chi connectivity index (χ2n) is 7.49. The van der Waals surface area contributed by atoms with Crippen molar-refractivity contribution in [3.05, 3.63) is 106 Å². The highest BCUT2D eigenvalue weighted by molar-refractivity contribution is 5.88. The maximum Gasteiger partial charge on any atom is 0.335 e. The molecule has 0 unspecified atom stereocenters. The molecule has 0 saturated heterocycles. The molecule has 160 valence electrons. The molecule has 0 aliphatic rings. The Balaban J connectivity index is 1.65. The van der Waals surface area contributed by atoms with Crippen LogP contribution >= 0.6 is 0 Å². The van der Waals surface area contributed by atoms with Crippen LogP contribution in [-0.2, 0) is 6.54 Å². The number of benzene rings is 2. The van der Waals surface area contributed by atoms with Crippen molar-refractivity contribution in [2.75, 3.05) is 0 Å². The van der Waals surface area contributed by atoms with Gasteiger partial charge < -0.3 is 14.4 Å². The van der Waals surface area contributed by atoms with Gasteiger partial charge >= 0.3 is 5.97 Å². The number of aromatic nitrogens is 3. The second-order valence-corrected chi connectivity index (χ2v) is 7.49. The van der Waals surface area contributed by atoms with Crippen LogP contribution in [0, 0.1) is 13.8 Å². The first-order valence-electron chi connectivity index (χ1n) is 10.0. The van der Waals surface area contributed by atoms with Crippen LogP contribution in [0.4, 0.5) is 0 Å². The molecule has 2 aromatic carbocycles. The first-order valence-corrected chi connectivity index (χ1v) is 10.0. The van der Waals surface area contributed by atoms with E-state index in [-0.39, 0.29) is 17.7 Å². The molecule has 0 bridgehead atoms. The van der Waals surface area contributed by atoms with E-state index in [1.807, 2.05) is 38.1 Å². The highest BCUT2D eigenvalue weighted by Crippen LogP contribution is 2.29. The number of carbonyl (C=O) groups is 1. The van der Waals surface area contributed by atoms with E-state index in [1.54, 1.807) is 35.0 Å². The highest BCUT2D eigenvalue weighted by atomic mass is 16.5. The van der Waals surface area contributed by atoms with Gasteiger partial charge in [0.15, 0.2) is 0 Å². The van der Waals surface area contributed by atoms with Crippen LogP contribution in [0.1, 0.15) is 27.2 Å². The Morgan fingerprint density at radius 1 is 0.969 bits per heavy atom. The zero-order chi connectivity index (χ0) is 22.7. The predicted octanol–water partition coefficient (Wildman–Crippen LogP) is 4.46. The number of hydrogen-bond donors (Lipinski definition) is 1. The molecule has 7 nitrogen and oxygen atoms in total. The minimum absolute atomic E-state index is 0.104. The Hall–Kier alpha value is -4.26. The molecule has 4 rings (SSSR count). The number of carboxylic acid groups (broad SMARTS) is 1. The van der Waals surface area contributed by atoms with Crippen LogP contribution in [0.3, 0.4) is 0 Å². The summed E-state index contributed by atoms with van der Waals surface area (Å²) in [4.78, 5) is 23.7. The zero-order valence-electron chi connectivity index (χ0n) is 17.6. The van der Waals surface area contributed by atoms with E-state index < -0.39 is 5.97 Å². The van der Waals surface area contributed by atoms with Gasteiger partial charge in [0.2, 0.25) is 0 Å². The van der Waals surface area contributed by atoms with Crippen molar-refractivity contribution in [1.82, 2.24) is 14.8 Å². The fourth-order valence-corrected chi connectivity index (χ4v) is 3.24. The van der Waals surface area contributed by atoms with Crippen LogP contribution < -0.4 is 10.3 Å². The third-order valence-electron chi connectivity index (χ3n) is 4.96. The summed E-state index contributed by atoms with van der Waals surface area (Å²) in [5.74, 6) is -0.141. The Kier molecular flexibility index (Phi) is 5.81. The summed E-state index contributed by atoms with van der Waals surface area (Å²) in [6.45, 7) is 4.04. The van der Waals surface area contributed by atoms with Crippen molar-refractivity contribution in [2.24, 2.45) is 0 Å². The van der Waals surface area contributed by atoms with Crippen LogP contribution in [0.15, 0.2) is 77.7 Å². The van der Waals surface area contributed by atoms with Gasteiger partial charge in [-0.3, -0.25) is 4.79 Å². The van der Waals surface area contributed by atoms with E-state index in [2.05, 4.69) is 10.2 Å². The Labute approximate surface area is 184 Å². The minimum Gasteiger partial charge on any atom is -0.478 e. The topological polar surface area (TPSA) is 94.3 Å². The molecule has 0 fully saturated rings. The van der Waals surface area contributed by atoms with Gasteiger partial charge in [0.25, 0.3) is 5.56 Å². The van der Waals surface area contributed by atoms with E-state index in [0.29, 0.717) is 17.1 Å². The lowest BCUT2D eigenvalue weighted by Crippen LogP contribution is -2.19. The number of rotatable bonds is 6. The molecule has 4 aromatic rings. The standard InChI is InChI=1S/C25H21N3O4/c1-16-3-12-24(29)28(14-16)15-20-6-5-19(25(30)31)13-23(20)32-21-9-7-18(8-10-21)22-11-4-17(2)26-27-22/h3-14H,15H2,1-2H3,(H,30,31). The van der Waals surface area contributed by atoms with E-state index in [0.717, 1.165) is 22.5 Å². The maximum atomic E-state index is 12.2. The monoisotopic (exact) mass is 427 g/mol. The maximum absolute atomic E-state index is 12.2. The van der Waals surface area contributed by atoms with Crippen LogP contribution in [-0.4, -0.2) is 25.8 Å². The van der Waals surface area contributed by atoms with Gasteiger partial charge in [0.1, 0.15) is 11.5 Å². The average molecular weight is 427 g/mol. The van der Waals surface area contributed by atoms with Gasteiger partial charge in [-0.05, 0) is 67.9 Å². The quantitative estimate of drug-likeness (QED) is 0.488. The number of aromatic carboxylic acids is 1. The van der Waals surface area contributed by atoms with E-state index in [1.165, 1.54) is 18.2 Å². The van der Waals surface area contributed by atoms with Crippen molar-refractivity contribution in [2.45, 2.75) is 20.4 Å². The van der Waals surface area contributed by atoms with E-state index in [4.69, 9.17) is 4.74 Å². The number of pyridine rings is 1. The fraction of sp³-hybridized carbons (Fsp3) is 0.120. The Morgan fingerprint density at radius 3 is 2.44 bits per heavy atom. The summed E-state index contributed by atoms with van der Waals surface area (Å²) in [5.41, 5.74) is 4.07. The lowest BCUT2D eigenvalue weighted by Gasteiger charge is -2.14. The summed E-state index contributed by atoms with van der Waals surface area (Å²) >= 11 is 0. The average Bonchev–Trinajstić information content (AvgIpc) is 2.78. The Bertz CT molecular complexity index is 1330. The summed E-state index contributed by atoms with van der Waals surface area (Å²) in [6, 6.07) is 19.0. The molecule has 0 aliphatic carbocycles. The van der Waals surface area contributed by atoms with Gasteiger partial charge in [-0.2, -0.15) is 10.2 Å². The second kappa shape index (κ2) is 8.85. The summed E-state index contributed by atoms with van der Waals surface area (Å²) < 4.78 is 7.60. The van der Waals surface area contributed by atoms with Gasteiger partial charge in [0, 0.05) is 23.4 Å². The largest absolute Gasteiger partial charge is 0.478 e. The fourth-order valence-electron chi connectivity index (χ4n) is 3.24. The van der Waals surface area contributed by atoms with Crippen molar-refractivity contribution >= 4 is 5.97 Å².